The Balaban J connectivity index is 1.50. The minimum absolute atomic E-state index is 0.0453. The van der Waals surface area contributed by atoms with E-state index in [0.29, 0.717) is 22.3 Å². The van der Waals surface area contributed by atoms with E-state index < -0.39 is 15.9 Å². The fraction of sp³-hybridized carbons (Fsp3) is 0.269. The summed E-state index contributed by atoms with van der Waals surface area (Å²) in [5.41, 5.74) is 3.26. The lowest BCUT2D eigenvalue weighted by molar-refractivity contribution is -0.123. The minimum atomic E-state index is -3.14. The summed E-state index contributed by atoms with van der Waals surface area (Å²) >= 11 is 6.68. The fourth-order valence-electron chi connectivity index (χ4n) is 4.27. The molecule has 2 aliphatic rings. The van der Waals surface area contributed by atoms with Gasteiger partial charge in [0, 0.05) is 17.3 Å². The molecular weight excluding hydrogens is 515 g/mol. The summed E-state index contributed by atoms with van der Waals surface area (Å²) in [7, 11) is -3.14. The Hall–Kier alpha value is -2.95. The lowest BCUT2D eigenvalue weighted by atomic mass is 10.1. The van der Waals surface area contributed by atoms with Crippen LogP contribution in [0.25, 0.3) is 23.0 Å². The predicted molar refractivity (Wildman–Crippen MR) is 147 cm³/mol. The van der Waals surface area contributed by atoms with Crippen molar-refractivity contribution >= 4 is 50.1 Å². The van der Waals surface area contributed by atoms with Gasteiger partial charge >= 0.3 is 0 Å². The third-order valence-electron chi connectivity index (χ3n) is 6.05. The molecule has 0 bridgehead atoms. The van der Waals surface area contributed by atoms with E-state index in [1.165, 1.54) is 16.7 Å². The summed E-state index contributed by atoms with van der Waals surface area (Å²) in [6.45, 7) is 2.71. The lowest BCUT2D eigenvalue weighted by Gasteiger charge is -2.20. The van der Waals surface area contributed by atoms with Crippen LogP contribution in [0.3, 0.4) is 0 Å². The number of carbonyl (C=O) groups is 1. The van der Waals surface area contributed by atoms with Gasteiger partial charge in [-0.05, 0) is 55.3 Å². The second-order valence-electron chi connectivity index (χ2n) is 8.69. The Morgan fingerprint density at radius 3 is 2.58 bits per heavy atom. The van der Waals surface area contributed by atoms with Gasteiger partial charge in [-0.3, -0.25) is 9.69 Å². The van der Waals surface area contributed by atoms with Crippen molar-refractivity contribution in [2.45, 2.75) is 25.8 Å². The van der Waals surface area contributed by atoms with Crippen molar-refractivity contribution in [3.8, 4) is 22.7 Å². The van der Waals surface area contributed by atoms with Gasteiger partial charge in [-0.2, -0.15) is 5.10 Å². The molecule has 0 aliphatic carbocycles. The SMILES string of the molecule is CCCOc1ccc(-c2nn(-c3ccccc3)cc2/C=C2/SC(=S)N(C3CCS(=O)(=O)C3)C2=O)cc1. The van der Waals surface area contributed by atoms with Gasteiger partial charge in [-0.25, -0.2) is 13.1 Å². The molecule has 0 N–H and O–H groups in total. The molecule has 3 aromatic rings. The molecule has 186 valence electrons. The van der Waals surface area contributed by atoms with E-state index in [1.54, 1.807) is 10.8 Å². The van der Waals surface area contributed by atoms with Crippen LogP contribution in [0.2, 0.25) is 0 Å². The highest BCUT2D eigenvalue weighted by molar-refractivity contribution is 8.26. The predicted octanol–water partition coefficient (Wildman–Crippen LogP) is 4.72. The molecular formula is C26H25N3O4S3. The van der Waals surface area contributed by atoms with Crippen molar-refractivity contribution in [3.05, 3.63) is 71.3 Å². The van der Waals surface area contributed by atoms with Crippen LogP contribution in [0.4, 0.5) is 0 Å². The van der Waals surface area contributed by atoms with Gasteiger partial charge in [0.25, 0.3) is 5.91 Å². The molecule has 10 heteroatoms. The Morgan fingerprint density at radius 1 is 1.17 bits per heavy atom. The van der Waals surface area contributed by atoms with Gasteiger partial charge in [0.15, 0.2) is 9.84 Å². The third kappa shape index (κ3) is 5.11. The van der Waals surface area contributed by atoms with Crippen molar-refractivity contribution in [2.75, 3.05) is 18.1 Å². The average Bonchev–Trinajstić information content (AvgIpc) is 3.53. The van der Waals surface area contributed by atoms with Crippen molar-refractivity contribution in [1.82, 2.24) is 14.7 Å². The van der Waals surface area contributed by atoms with Gasteiger partial charge in [0.05, 0.1) is 40.4 Å². The van der Waals surface area contributed by atoms with Crippen molar-refractivity contribution in [1.29, 1.82) is 0 Å². The van der Waals surface area contributed by atoms with E-state index in [9.17, 15) is 13.2 Å². The molecule has 1 amide bonds. The van der Waals surface area contributed by atoms with Gasteiger partial charge in [-0.15, -0.1) is 0 Å². The van der Waals surface area contributed by atoms with E-state index in [4.69, 9.17) is 22.1 Å². The molecule has 5 rings (SSSR count). The molecule has 0 radical (unpaired) electrons. The van der Waals surface area contributed by atoms with Crippen LogP contribution in [0.1, 0.15) is 25.3 Å². The molecule has 7 nitrogen and oxygen atoms in total. The van der Waals surface area contributed by atoms with Gasteiger partial charge in [-0.1, -0.05) is 49.1 Å². The van der Waals surface area contributed by atoms with Crippen LogP contribution in [-0.2, 0) is 14.6 Å². The Labute approximate surface area is 220 Å². The van der Waals surface area contributed by atoms with Crippen molar-refractivity contribution in [3.63, 3.8) is 0 Å². The minimum Gasteiger partial charge on any atom is -0.494 e. The number of carbonyl (C=O) groups excluding carboxylic acids is 1. The van der Waals surface area contributed by atoms with Gasteiger partial charge in [0.1, 0.15) is 10.1 Å². The molecule has 0 saturated carbocycles. The second kappa shape index (κ2) is 10.2. The standard InChI is InChI=1S/C26H25N3O4S3/c1-2-13-33-22-10-8-18(9-11-22)24-19(16-28(27-24)20-6-4-3-5-7-20)15-23-25(30)29(26(34)35-23)21-12-14-36(31,32)17-21/h3-11,15-16,21H,2,12-14,17H2,1H3/b23-15+. The van der Waals surface area contributed by atoms with Crippen LogP contribution in [0.15, 0.2) is 65.7 Å². The zero-order valence-electron chi connectivity index (χ0n) is 19.7. The maximum Gasteiger partial charge on any atom is 0.266 e. The van der Waals surface area contributed by atoms with Crippen LogP contribution in [0.5, 0.6) is 5.75 Å². The first kappa shape index (κ1) is 24.7. The van der Waals surface area contributed by atoms with E-state index in [-0.39, 0.29) is 17.4 Å². The Morgan fingerprint density at radius 2 is 1.92 bits per heavy atom. The second-order valence-corrected chi connectivity index (χ2v) is 12.6. The number of para-hydroxylation sites is 1. The van der Waals surface area contributed by atoms with Crippen LogP contribution < -0.4 is 4.74 Å². The van der Waals surface area contributed by atoms with E-state index in [0.717, 1.165) is 34.7 Å². The van der Waals surface area contributed by atoms with Crippen LogP contribution >= 0.6 is 24.0 Å². The van der Waals surface area contributed by atoms with Gasteiger partial charge in [0.2, 0.25) is 0 Å². The number of sulfone groups is 1. The number of rotatable bonds is 7. The van der Waals surface area contributed by atoms with Gasteiger partial charge < -0.3 is 4.74 Å². The van der Waals surface area contributed by atoms with E-state index in [2.05, 4.69) is 6.92 Å². The first-order valence-corrected chi connectivity index (χ1v) is 14.7. The number of thiocarbonyl (C=S) groups is 1. The third-order valence-corrected chi connectivity index (χ3v) is 9.13. The molecule has 2 fully saturated rings. The highest BCUT2D eigenvalue weighted by Crippen LogP contribution is 2.38. The topological polar surface area (TPSA) is 81.5 Å². The zero-order chi connectivity index (χ0) is 25.3. The van der Waals surface area contributed by atoms with Crippen molar-refractivity contribution < 1.29 is 17.9 Å². The summed E-state index contributed by atoms with van der Waals surface area (Å²) in [6.07, 6.45) is 5.02. The lowest BCUT2D eigenvalue weighted by Crippen LogP contribution is -2.39. The summed E-state index contributed by atoms with van der Waals surface area (Å²) < 4.78 is 31.9. The van der Waals surface area contributed by atoms with Crippen LogP contribution in [0, 0.1) is 0 Å². The Kier molecular flexibility index (Phi) is 7.00. The number of amides is 1. The highest BCUT2D eigenvalue weighted by atomic mass is 32.2. The summed E-state index contributed by atoms with van der Waals surface area (Å²) in [6, 6.07) is 17.1. The monoisotopic (exact) mass is 539 g/mol. The smallest absolute Gasteiger partial charge is 0.266 e. The zero-order valence-corrected chi connectivity index (χ0v) is 22.1. The van der Waals surface area contributed by atoms with E-state index in [1.807, 2.05) is 60.8 Å². The first-order valence-electron chi connectivity index (χ1n) is 11.7. The number of ether oxygens (including phenoxy) is 1. The summed E-state index contributed by atoms with van der Waals surface area (Å²) in [4.78, 5) is 15.2. The highest BCUT2D eigenvalue weighted by Gasteiger charge is 2.42. The molecule has 2 saturated heterocycles. The average molecular weight is 540 g/mol. The fourth-order valence-corrected chi connectivity index (χ4v) is 7.37. The number of thioether (sulfide) groups is 1. The number of aromatic nitrogens is 2. The Bertz CT molecular complexity index is 1430. The normalized spacial score (nSPS) is 20.4. The summed E-state index contributed by atoms with van der Waals surface area (Å²) in [5.74, 6) is 0.571. The number of hydrogen-bond donors (Lipinski definition) is 0. The molecule has 1 atom stereocenters. The summed E-state index contributed by atoms with van der Waals surface area (Å²) in [5, 5.41) is 4.83. The number of nitrogens with zero attached hydrogens (tertiary/aromatic N) is 3. The van der Waals surface area contributed by atoms with E-state index >= 15 is 0 Å². The maximum absolute atomic E-state index is 13.3. The molecule has 0 spiro atoms. The molecule has 3 heterocycles. The molecule has 2 aliphatic heterocycles. The largest absolute Gasteiger partial charge is 0.494 e. The first-order chi connectivity index (χ1) is 17.3. The number of hydrogen-bond acceptors (Lipinski definition) is 7. The number of benzene rings is 2. The molecule has 2 aromatic carbocycles. The molecule has 36 heavy (non-hydrogen) atoms. The van der Waals surface area contributed by atoms with Crippen LogP contribution in [-0.4, -0.2) is 57.5 Å². The molecule has 1 unspecified atom stereocenters. The quantitative estimate of drug-likeness (QED) is 0.318. The van der Waals surface area contributed by atoms with Crippen molar-refractivity contribution in [2.24, 2.45) is 0 Å². The maximum atomic E-state index is 13.3. The molecule has 1 aromatic heterocycles.